The lowest BCUT2D eigenvalue weighted by atomic mass is 10.2. The minimum absolute atomic E-state index is 0.163. The van der Waals surface area contributed by atoms with E-state index in [2.05, 4.69) is 4.98 Å². The first-order valence-corrected chi connectivity index (χ1v) is 8.05. The Morgan fingerprint density at radius 3 is 2.68 bits per heavy atom. The van der Waals surface area contributed by atoms with Crippen LogP contribution in [0.25, 0.3) is 5.65 Å². The Morgan fingerprint density at radius 1 is 1.12 bits per heavy atom. The number of rotatable bonds is 4. The van der Waals surface area contributed by atoms with Crippen LogP contribution in [-0.2, 0) is 6.54 Å². The van der Waals surface area contributed by atoms with Gasteiger partial charge in [0.25, 0.3) is 5.91 Å². The van der Waals surface area contributed by atoms with E-state index < -0.39 is 0 Å². The number of amides is 1. The third-order valence-corrected chi connectivity index (χ3v) is 4.07. The fraction of sp³-hybridized carbons (Fsp3) is 0.100. The molecule has 124 valence electrons. The zero-order chi connectivity index (χ0) is 17.2. The Balaban J connectivity index is 1.73. The summed E-state index contributed by atoms with van der Waals surface area (Å²) in [5.41, 5.74) is 3.09. The Kier molecular flexibility index (Phi) is 3.82. The van der Waals surface area contributed by atoms with Crippen molar-refractivity contribution in [3.63, 3.8) is 0 Å². The lowest BCUT2D eigenvalue weighted by molar-refractivity contribution is 0.0979. The van der Waals surface area contributed by atoms with E-state index in [1.165, 1.54) is 0 Å². The second-order valence-corrected chi connectivity index (χ2v) is 5.90. The predicted molar refractivity (Wildman–Crippen MR) is 95.6 cm³/mol. The van der Waals surface area contributed by atoms with Gasteiger partial charge in [0.05, 0.1) is 12.8 Å². The summed E-state index contributed by atoms with van der Waals surface area (Å²) in [7, 11) is 0. The first kappa shape index (κ1) is 15.2. The molecule has 5 nitrogen and oxygen atoms in total. The SMILES string of the molecule is Cc1ccc(N(Cc2ccco2)C(=O)c2cn3ccccc3n2)cc1. The van der Waals surface area contributed by atoms with Crippen LogP contribution in [0.1, 0.15) is 21.8 Å². The Hall–Kier alpha value is -3.34. The van der Waals surface area contributed by atoms with Gasteiger partial charge >= 0.3 is 0 Å². The van der Waals surface area contributed by atoms with Crippen molar-refractivity contribution in [1.82, 2.24) is 9.38 Å². The summed E-state index contributed by atoms with van der Waals surface area (Å²) in [6.07, 6.45) is 5.24. The van der Waals surface area contributed by atoms with Gasteiger partial charge < -0.3 is 8.82 Å². The number of aromatic nitrogens is 2. The second kappa shape index (κ2) is 6.28. The van der Waals surface area contributed by atoms with Crippen LogP contribution in [0, 0.1) is 6.92 Å². The Morgan fingerprint density at radius 2 is 1.96 bits per heavy atom. The quantitative estimate of drug-likeness (QED) is 0.566. The van der Waals surface area contributed by atoms with Gasteiger partial charge in [-0.05, 0) is 43.3 Å². The fourth-order valence-electron chi connectivity index (χ4n) is 2.74. The average Bonchev–Trinajstić information content (AvgIpc) is 3.29. The van der Waals surface area contributed by atoms with Crippen molar-refractivity contribution in [1.29, 1.82) is 0 Å². The highest BCUT2D eigenvalue weighted by Crippen LogP contribution is 2.21. The summed E-state index contributed by atoms with van der Waals surface area (Å²) in [6.45, 7) is 2.37. The van der Waals surface area contributed by atoms with E-state index in [4.69, 9.17) is 4.42 Å². The van der Waals surface area contributed by atoms with E-state index in [-0.39, 0.29) is 5.91 Å². The summed E-state index contributed by atoms with van der Waals surface area (Å²) >= 11 is 0. The molecule has 0 bridgehead atoms. The second-order valence-electron chi connectivity index (χ2n) is 5.90. The summed E-state index contributed by atoms with van der Waals surface area (Å²) in [5.74, 6) is 0.557. The van der Waals surface area contributed by atoms with Gasteiger partial charge in [-0.1, -0.05) is 23.8 Å². The van der Waals surface area contributed by atoms with Crippen LogP contribution in [0.2, 0.25) is 0 Å². The first-order valence-electron chi connectivity index (χ1n) is 8.05. The van der Waals surface area contributed by atoms with Crippen LogP contribution < -0.4 is 4.90 Å². The van der Waals surface area contributed by atoms with Gasteiger partial charge in [0, 0.05) is 18.1 Å². The van der Waals surface area contributed by atoms with Crippen LogP contribution in [0.5, 0.6) is 0 Å². The number of carbonyl (C=O) groups excluding carboxylic acids is 1. The van der Waals surface area contributed by atoms with Crippen molar-refractivity contribution in [2.75, 3.05) is 4.90 Å². The van der Waals surface area contributed by atoms with Crippen molar-refractivity contribution in [2.24, 2.45) is 0 Å². The van der Waals surface area contributed by atoms with E-state index in [9.17, 15) is 4.79 Å². The van der Waals surface area contributed by atoms with Gasteiger partial charge in [-0.15, -0.1) is 0 Å². The zero-order valence-electron chi connectivity index (χ0n) is 13.8. The molecular weight excluding hydrogens is 314 g/mol. The number of furan rings is 1. The number of anilines is 1. The molecule has 0 aliphatic carbocycles. The largest absolute Gasteiger partial charge is 0.467 e. The van der Waals surface area contributed by atoms with Crippen molar-refractivity contribution < 1.29 is 9.21 Å². The summed E-state index contributed by atoms with van der Waals surface area (Å²) in [4.78, 5) is 19.3. The van der Waals surface area contributed by atoms with Gasteiger partial charge in [0.2, 0.25) is 0 Å². The van der Waals surface area contributed by atoms with Gasteiger partial charge in [-0.3, -0.25) is 9.69 Å². The van der Waals surface area contributed by atoms with Gasteiger partial charge in [-0.2, -0.15) is 0 Å². The maximum absolute atomic E-state index is 13.1. The maximum Gasteiger partial charge on any atom is 0.278 e. The molecule has 0 unspecified atom stereocenters. The van der Waals surface area contributed by atoms with Gasteiger partial charge in [0.1, 0.15) is 17.1 Å². The molecule has 0 spiro atoms. The summed E-state index contributed by atoms with van der Waals surface area (Å²) in [6, 6.07) is 17.2. The normalized spacial score (nSPS) is 10.9. The van der Waals surface area contributed by atoms with Crippen molar-refractivity contribution in [3.05, 3.63) is 90.3 Å². The number of hydrogen-bond donors (Lipinski definition) is 0. The third-order valence-electron chi connectivity index (χ3n) is 4.07. The molecule has 4 aromatic rings. The molecule has 3 heterocycles. The topological polar surface area (TPSA) is 50.8 Å². The first-order chi connectivity index (χ1) is 12.2. The number of hydrogen-bond acceptors (Lipinski definition) is 3. The smallest absolute Gasteiger partial charge is 0.278 e. The van der Waals surface area contributed by atoms with E-state index in [1.54, 1.807) is 17.4 Å². The van der Waals surface area contributed by atoms with Crippen LogP contribution in [0.4, 0.5) is 5.69 Å². The molecule has 25 heavy (non-hydrogen) atoms. The molecule has 0 aliphatic rings. The zero-order valence-corrected chi connectivity index (χ0v) is 13.8. The van der Waals surface area contributed by atoms with Crippen LogP contribution in [0.15, 0.2) is 77.7 Å². The number of fused-ring (bicyclic) bond motifs is 1. The number of nitrogens with zero attached hydrogens (tertiary/aromatic N) is 3. The fourth-order valence-corrected chi connectivity index (χ4v) is 2.74. The van der Waals surface area contributed by atoms with Crippen molar-refractivity contribution in [3.8, 4) is 0 Å². The lowest BCUT2D eigenvalue weighted by Crippen LogP contribution is -2.30. The minimum Gasteiger partial charge on any atom is -0.467 e. The molecule has 0 N–H and O–H groups in total. The predicted octanol–water partition coefficient (Wildman–Crippen LogP) is 4.08. The van der Waals surface area contributed by atoms with Crippen LogP contribution >= 0.6 is 0 Å². The van der Waals surface area contributed by atoms with E-state index in [0.29, 0.717) is 12.2 Å². The molecular formula is C20H17N3O2. The molecule has 4 rings (SSSR count). The molecule has 0 atom stereocenters. The van der Waals surface area contributed by atoms with Gasteiger partial charge in [0.15, 0.2) is 0 Å². The van der Waals surface area contributed by atoms with E-state index in [0.717, 1.165) is 22.7 Å². The van der Waals surface area contributed by atoms with Gasteiger partial charge in [-0.25, -0.2) is 4.98 Å². The molecule has 0 fully saturated rings. The standard InChI is InChI=1S/C20H17N3O2/c1-15-7-9-16(10-8-15)23(13-17-5-4-12-25-17)20(24)18-14-22-11-3-2-6-19(22)21-18/h2-12,14H,13H2,1H3. The van der Waals surface area contributed by atoms with Crippen LogP contribution in [0.3, 0.4) is 0 Å². The third kappa shape index (κ3) is 3.04. The van der Waals surface area contributed by atoms with Crippen molar-refractivity contribution >= 4 is 17.2 Å². The minimum atomic E-state index is -0.163. The summed E-state index contributed by atoms with van der Waals surface area (Å²) < 4.78 is 7.28. The molecule has 5 heteroatoms. The number of pyridine rings is 1. The number of aryl methyl sites for hydroxylation is 1. The number of benzene rings is 1. The number of carbonyl (C=O) groups is 1. The molecule has 0 aliphatic heterocycles. The molecule has 0 radical (unpaired) electrons. The molecule has 1 aromatic carbocycles. The monoisotopic (exact) mass is 331 g/mol. The summed E-state index contributed by atoms with van der Waals surface area (Å²) in [5, 5.41) is 0. The molecule has 0 saturated carbocycles. The number of imidazole rings is 1. The van der Waals surface area contributed by atoms with E-state index >= 15 is 0 Å². The Bertz CT molecular complexity index is 968. The van der Waals surface area contributed by atoms with Crippen LogP contribution in [-0.4, -0.2) is 15.3 Å². The molecule has 0 saturated heterocycles. The maximum atomic E-state index is 13.1. The highest BCUT2D eigenvalue weighted by atomic mass is 16.3. The highest BCUT2D eigenvalue weighted by Gasteiger charge is 2.21. The van der Waals surface area contributed by atoms with E-state index in [1.807, 2.05) is 72.1 Å². The van der Waals surface area contributed by atoms with Crippen molar-refractivity contribution in [2.45, 2.75) is 13.5 Å². The molecule has 3 aromatic heterocycles. The average molecular weight is 331 g/mol. The molecule has 1 amide bonds. The lowest BCUT2D eigenvalue weighted by Gasteiger charge is -2.21. The Labute approximate surface area is 145 Å². The highest BCUT2D eigenvalue weighted by molar-refractivity contribution is 6.05.